The molecule has 2 rings (SSSR count). The number of fused-ring (bicyclic) bond motifs is 1. The summed E-state index contributed by atoms with van der Waals surface area (Å²) in [5.74, 6) is -1.25. The van der Waals surface area contributed by atoms with Gasteiger partial charge in [-0.1, -0.05) is 0 Å². The first-order valence-electron chi connectivity index (χ1n) is 3.39. The van der Waals surface area contributed by atoms with Gasteiger partial charge in [0.05, 0.1) is 6.20 Å². The van der Waals surface area contributed by atoms with Gasteiger partial charge >= 0.3 is 5.97 Å². The van der Waals surface area contributed by atoms with Crippen molar-refractivity contribution < 1.29 is 9.90 Å². The van der Waals surface area contributed by atoms with E-state index >= 15 is 0 Å². The van der Waals surface area contributed by atoms with Crippen molar-refractivity contribution in [2.45, 2.75) is 0 Å². The predicted molar refractivity (Wildman–Crippen MR) is 42.2 cm³/mol. The molecule has 66 valence electrons. The van der Waals surface area contributed by atoms with Crippen LogP contribution in [0.3, 0.4) is 0 Å². The highest BCUT2D eigenvalue weighted by atomic mass is 16.4. The maximum absolute atomic E-state index is 10.6. The normalized spacial score (nSPS) is 10.5. The molecule has 0 aromatic carbocycles. The first-order valence-corrected chi connectivity index (χ1v) is 3.39. The molecule has 7 nitrogen and oxygen atoms in total. The molecule has 2 aromatic rings. The summed E-state index contributed by atoms with van der Waals surface area (Å²) in [7, 11) is 0. The number of nitrogen functional groups attached to an aromatic ring is 1. The average molecular weight is 179 g/mol. The van der Waals surface area contributed by atoms with Crippen LogP contribution in [0.2, 0.25) is 0 Å². The van der Waals surface area contributed by atoms with Crippen LogP contribution in [-0.4, -0.2) is 30.9 Å². The van der Waals surface area contributed by atoms with E-state index in [-0.39, 0.29) is 11.5 Å². The minimum Gasteiger partial charge on any atom is -0.476 e. The van der Waals surface area contributed by atoms with Crippen LogP contribution in [0.15, 0.2) is 12.3 Å². The molecule has 2 heterocycles. The highest BCUT2D eigenvalue weighted by molar-refractivity contribution is 5.90. The Kier molecular flexibility index (Phi) is 1.38. The third-order valence-electron chi connectivity index (χ3n) is 1.55. The van der Waals surface area contributed by atoms with Gasteiger partial charge in [-0.05, 0) is 0 Å². The first-order chi connectivity index (χ1) is 6.20. The standard InChI is InChI=1S/C6H5N5O2/c7-5-4(6(12)13)10-9-3-1-2-8-11(3)5/h1-2H,7H2,(H,12,13). The molecule has 0 bridgehead atoms. The van der Waals surface area contributed by atoms with Gasteiger partial charge in [-0.15, -0.1) is 10.2 Å². The van der Waals surface area contributed by atoms with Crippen LogP contribution >= 0.6 is 0 Å². The van der Waals surface area contributed by atoms with Crippen LogP contribution in [0.1, 0.15) is 10.5 Å². The Hall–Kier alpha value is -2.18. The quantitative estimate of drug-likeness (QED) is 0.605. The monoisotopic (exact) mass is 179 g/mol. The summed E-state index contributed by atoms with van der Waals surface area (Å²) >= 11 is 0. The number of anilines is 1. The van der Waals surface area contributed by atoms with Crippen LogP contribution in [-0.2, 0) is 0 Å². The van der Waals surface area contributed by atoms with Gasteiger partial charge in [0.25, 0.3) is 0 Å². The summed E-state index contributed by atoms with van der Waals surface area (Å²) in [6.07, 6.45) is 1.46. The van der Waals surface area contributed by atoms with Crippen molar-refractivity contribution >= 4 is 17.4 Å². The Morgan fingerprint density at radius 3 is 3.00 bits per heavy atom. The van der Waals surface area contributed by atoms with E-state index in [1.165, 1.54) is 10.7 Å². The smallest absolute Gasteiger partial charge is 0.360 e. The van der Waals surface area contributed by atoms with Crippen molar-refractivity contribution in [3.8, 4) is 0 Å². The summed E-state index contributed by atoms with van der Waals surface area (Å²) in [4.78, 5) is 10.6. The van der Waals surface area contributed by atoms with E-state index in [9.17, 15) is 4.79 Å². The Morgan fingerprint density at radius 2 is 2.31 bits per heavy atom. The number of hydrogen-bond acceptors (Lipinski definition) is 5. The molecule has 13 heavy (non-hydrogen) atoms. The maximum atomic E-state index is 10.6. The lowest BCUT2D eigenvalue weighted by molar-refractivity contribution is 0.0690. The van der Waals surface area contributed by atoms with Crippen molar-refractivity contribution in [2.75, 3.05) is 5.73 Å². The number of aromatic nitrogens is 4. The molecule has 0 aliphatic rings. The number of nitrogens with two attached hydrogens (primary N) is 1. The van der Waals surface area contributed by atoms with Gasteiger partial charge in [-0.3, -0.25) is 0 Å². The number of nitrogens with zero attached hydrogens (tertiary/aromatic N) is 4. The molecule has 2 aromatic heterocycles. The van der Waals surface area contributed by atoms with Gasteiger partial charge in [0.1, 0.15) is 0 Å². The fraction of sp³-hybridized carbons (Fsp3) is 0. The number of hydrogen-bond donors (Lipinski definition) is 2. The Bertz CT molecular complexity index is 477. The molecule has 0 radical (unpaired) electrons. The Labute approximate surface area is 71.8 Å². The van der Waals surface area contributed by atoms with Gasteiger partial charge in [0, 0.05) is 6.07 Å². The van der Waals surface area contributed by atoms with Crippen LogP contribution in [0.4, 0.5) is 5.82 Å². The number of aromatic carboxylic acids is 1. The van der Waals surface area contributed by atoms with Crippen molar-refractivity contribution in [1.29, 1.82) is 0 Å². The molecular formula is C6H5N5O2. The zero-order valence-corrected chi connectivity index (χ0v) is 6.38. The zero-order chi connectivity index (χ0) is 9.42. The highest BCUT2D eigenvalue weighted by Crippen LogP contribution is 2.08. The molecular weight excluding hydrogens is 174 g/mol. The minimum atomic E-state index is -1.22. The molecule has 0 atom stereocenters. The van der Waals surface area contributed by atoms with E-state index in [0.717, 1.165) is 0 Å². The van der Waals surface area contributed by atoms with E-state index in [1.807, 2.05) is 0 Å². The number of carboxylic acids is 1. The van der Waals surface area contributed by atoms with Crippen LogP contribution < -0.4 is 5.73 Å². The number of rotatable bonds is 1. The SMILES string of the molecule is Nc1c(C(=O)O)nnc2ccnn12. The number of carboxylic acid groups (broad SMARTS) is 1. The summed E-state index contributed by atoms with van der Waals surface area (Å²) in [5.41, 5.74) is 5.61. The van der Waals surface area contributed by atoms with Crippen LogP contribution in [0, 0.1) is 0 Å². The van der Waals surface area contributed by atoms with Crippen LogP contribution in [0.25, 0.3) is 5.65 Å². The lowest BCUT2D eigenvalue weighted by Crippen LogP contribution is -2.12. The van der Waals surface area contributed by atoms with Crippen molar-refractivity contribution in [3.05, 3.63) is 18.0 Å². The maximum Gasteiger partial charge on any atom is 0.360 e. The molecule has 0 aliphatic carbocycles. The third kappa shape index (κ3) is 0.975. The van der Waals surface area contributed by atoms with Gasteiger partial charge < -0.3 is 10.8 Å². The molecule has 0 saturated heterocycles. The average Bonchev–Trinajstić information content (AvgIpc) is 2.52. The van der Waals surface area contributed by atoms with Gasteiger partial charge in [-0.2, -0.15) is 9.61 Å². The molecule has 3 N–H and O–H groups in total. The second-order valence-corrected chi connectivity index (χ2v) is 2.34. The fourth-order valence-electron chi connectivity index (χ4n) is 0.963. The predicted octanol–water partition coefficient (Wildman–Crippen LogP) is -0.595. The fourth-order valence-corrected chi connectivity index (χ4v) is 0.963. The first kappa shape index (κ1) is 7.47. The van der Waals surface area contributed by atoms with Gasteiger partial charge in [-0.25, -0.2) is 4.79 Å². The van der Waals surface area contributed by atoms with Gasteiger partial charge in [0.15, 0.2) is 11.5 Å². The second-order valence-electron chi connectivity index (χ2n) is 2.34. The summed E-state index contributed by atoms with van der Waals surface area (Å²) < 4.78 is 1.22. The molecule has 0 aliphatic heterocycles. The van der Waals surface area contributed by atoms with E-state index in [0.29, 0.717) is 5.65 Å². The summed E-state index contributed by atoms with van der Waals surface area (Å²) in [6.45, 7) is 0. The van der Waals surface area contributed by atoms with Crippen molar-refractivity contribution in [3.63, 3.8) is 0 Å². The molecule has 0 fully saturated rings. The topological polar surface area (TPSA) is 106 Å². The number of carbonyl (C=O) groups is 1. The third-order valence-corrected chi connectivity index (χ3v) is 1.55. The van der Waals surface area contributed by atoms with Crippen molar-refractivity contribution in [1.82, 2.24) is 19.8 Å². The lowest BCUT2D eigenvalue weighted by Gasteiger charge is -1.99. The van der Waals surface area contributed by atoms with E-state index in [4.69, 9.17) is 10.8 Å². The van der Waals surface area contributed by atoms with E-state index < -0.39 is 5.97 Å². The zero-order valence-electron chi connectivity index (χ0n) is 6.38. The van der Waals surface area contributed by atoms with E-state index in [2.05, 4.69) is 15.3 Å². The largest absolute Gasteiger partial charge is 0.476 e. The van der Waals surface area contributed by atoms with Crippen LogP contribution in [0.5, 0.6) is 0 Å². The molecule has 0 unspecified atom stereocenters. The summed E-state index contributed by atoms with van der Waals surface area (Å²) in [6, 6.07) is 1.58. The van der Waals surface area contributed by atoms with Gasteiger partial charge in [0.2, 0.25) is 5.69 Å². The lowest BCUT2D eigenvalue weighted by atomic mass is 10.4. The Morgan fingerprint density at radius 1 is 1.54 bits per heavy atom. The molecule has 0 spiro atoms. The minimum absolute atomic E-state index is 0.0255. The van der Waals surface area contributed by atoms with E-state index in [1.54, 1.807) is 6.07 Å². The summed E-state index contributed by atoms with van der Waals surface area (Å²) in [5, 5.41) is 19.5. The molecule has 0 saturated carbocycles. The highest BCUT2D eigenvalue weighted by Gasteiger charge is 2.13. The second kappa shape index (κ2) is 2.41. The molecule has 7 heteroatoms. The Balaban J connectivity index is 2.80. The van der Waals surface area contributed by atoms with Crippen molar-refractivity contribution in [2.24, 2.45) is 0 Å². The molecule has 0 amide bonds.